The number of carbonyl (C=O) groups is 1. The summed E-state index contributed by atoms with van der Waals surface area (Å²) in [7, 11) is 3.46. The summed E-state index contributed by atoms with van der Waals surface area (Å²) in [5, 5.41) is 4.31. The van der Waals surface area contributed by atoms with Gasteiger partial charge in [-0.3, -0.25) is 9.48 Å². The number of Topliss-reactive ketones (excluding diaryl/α,β-unsaturated/α-hetero) is 1. The minimum Gasteiger partial charge on any atom is -0.377 e. The molecular weight excluding hydrogens is 192 g/mol. The van der Waals surface area contributed by atoms with Crippen LogP contribution in [0.3, 0.4) is 0 Å². The van der Waals surface area contributed by atoms with Gasteiger partial charge in [-0.05, 0) is 25.8 Å². The molecule has 0 aromatic carbocycles. The Morgan fingerprint density at radius 1 is 1.47 bits per heavy atom. The number of nitrogens with zero attached hydrogens (tertiary/aromatic N) is 2. The van der Waals surface area contributed by atoms with Gasteiger partial charge in [0.05, 0.1) is 5.69 Å². The zero-order valence-corrected chi connectivity index (χ0v) is 9.83. The Morgan fingerprint density at radius 3 is 2.60 bits per heavy atom. The van der Waals surface area contributed by atoms with Crippen molar-refractivity contribution in [2.75, 3.05) is 13.7 Å². The van der Waals surface area contributed by atoms with Crippen LogP contribution in [0.5, 0.6) is 0 Å². The maximum absolute atomic E-state index is 11.3. The SMILES string of the molecule is COCC(=O)CCc1c(C)nn(C)c1C. The van der Waals surface area contributed by atoms with Gasteiger partial charge in [0, 0.05) is 26.3 Å². The monoisotopic (exact) mass is 210 g/mol. The highest BCUT2D eigenvalue weighted by Gasteiger charge is 2.10. The van der Waals surface area contributed by atoms with Crippen molar-refractivity contribution in [1.29, 1.82) is 0 Å². The lowest BCUT2D eigenvalue weighted by atomic mass is 10.1. The summed E-state index contributed by atoms with van der Waals surface area (Å²) in [5.41, 5.74) is 3.33. The van der Waals surface area contributed by atoms with Crippen LogP contribution in [0.1, 0.15) is 23.4 Å². The van der Waals surface area contributed by atoms with Crippen LogP contribution >= 0.6 is 0 Å². The zero-order chi connectivity index (χ0) is 11.4. The number of carbonyl (C=O) groups excluding carboxylic acids is 1. The molecule has 0 aliphatic heterocycles. The molecule has 0 N–H and O–H groups in total. The Hall–Kier alpha value is -1.16. The topological polar surface area (TPSA) is 44.1 Å². The molecule has 0 aliphatic rings. The third kappa shape index (κ3) is 2.89. The van der Waals surface area contributed by atoms with E-state index >= 15 is 0 Å². The molecule has 4 heteroatoms. The predicted molar refractivity (Wildman–Crippen MR) is 57.9 cm³/mol. The lowest BCUT2D eigenvalue weighted by molar-refractivity contribution is -0.122. The van der Waals surface area contributed by atoms with Gasteiger partial charge in [0.1, 0.15) is 6.61 Å². The third-order valence-corrected chi connectivity index (χ3v) is 2.62. The van der Waals surface area contributed by atoms with Gasteiger partial charge in [-0.15, -0.1) is 0 Å². The summed E-state index contributed by atoms with van der Waals surface area (Å²) in [4.78, 5) is 11.3. The molecule has 4 nitrogen and oxygen atoms in total. The van der Waals surface area contributed by atoms with E-state index in [-0.39, 0.29) is 12.4 Å². The molecule has 0 fully saturated rings. The molecule has 84 valence electrons. The number of aryl methyl sites for hydroxylation is 2. The first-order valence-electron chi connectivity index (χ1n) is 5.06. The summed E-state index contributed by atoms with van der Waals surface area (Å²) in [6, 6.07) is 0. The van der Waals surface area contributed by atoms with Gasteiger partial charge in [0.15, 0.2) is 5.78 Å². The van der Waals surface area contributed by atoms with E-state index < -0.39 is 0 Å². The highest BCUT2D eigenvalue weighted by Crippen LogP contribution is 2.14. The smallest absolute Gasteiger partial charge is 0.158 e. The van der Waals surface area contributed by atoms with Gasteiger partial charge < -0.3 is 4.74 Å². The molecule has 1 aromatic rings. The van der Waals surface area contributed by atoms with Crippen LogP contribution in [0.25, 0.3) is 0 Å². The second-order valence-electron chi connectivity index (χ2n) is 3.74. The van der Waals surface area contributed by atoms with Crippen LogP contribution in [0.2, 0.25) is 0 Å². The molecule has 15 heavy (non-hydrogen) atoms. The molecule has 0 saturated heterocycles. The summed E-state index contributed by atoms with van der Waals surface area (Å²) in [6.45, 7) is 4.21. The van der Waals surface area contributed by atoms with Crippen LogP contribution in [-0.2, 0) is 23.0 Å². The third-order valence-electron chi connectivity index (χ3n) is 2.62. The summed E-state index contributed by atoms with van der Waals surface area (Å²) in [6.07, 6.45) is 1.29. The maximum Gasteiger partial charge on any atom is 0.158 e. The molecule has 0 unspecified atom stereocenters. The minimum atomic E-state index is 0.139. The fraction of sp³-hybridized carbons (Fsp3) is 0.636. The van der Waals surface area contributed by atoms with E-state index in [1.54, 1.807) is 7.11 Å². The van der Waals surface area contributed by atoms with Crippen molar-refractivity contribution in [2.24, 2.45) is 7.05 Å². The molecule has 0 spiro atoms. The number of methoxy groups -OCH3 is 1. The fourth-order valence-corrected chi connectivity index (χ4v) is 1.68. The summed E-state index contributed by atoms with van der Waals surface area (Å²) >= 11 is 0. The summed E-state index contributed by atoms with van der Waals surface area (Å²) < 4.78 is 6.64. The molecule has 0 aliphatic carbocycles. The van der Waals surface area contributed by atoms with E-state index in [2.05, 4.69) is 5.10 Å². The van der Waals surface area contributed by atoms with Crippen molar-refractivity contribution in [3.63, 3.8) is 0 Å². The largest absolute Gasteiger partial charge is 0.377 e. The van der Waals surface area contributed by atoms with Crippen molar-refractivity contribution < 1.29 is 9.53 Å². The molecule has 1 rings (SSSR count). The molecule has 1 aromatic heterocycles. The number of rotatable bonds is 5. The van der Waals surface area contributed by atoms with Crippen LogP contribution < -0.4 is 0 Å². The molecule has 0 bridgehead atoms. The van der Waals surface area contributed by atoms with E-state index in [9.17, 15) is 4.79 Å². The predicted octanol–water partition coefficient (Wildman–Crippen LogP) is 1.19. The molecule has 0 saturated carbocycles. The first kappa shape index (κ1) is 11.9. The number of aromatic nitrogens is 2. The average Bonchev–Trinajstić information content (AvgIpc) is 2.40. The van der Waals surface area contributed by atoms with E-state index in [0.29, 0.717) is 6.42 Å². The van der Waals surface area contributed by atoms with Gasteiger partial charge in [-0.1, -0.05) is 0 Å². The summed E-state index contributed by atoms with van der Waals surface area (Å²) in [5.74, 6) is 0.139. The highest BCUT2D eigenvalue weighted by atomic mass is 16.5. The molecular formula is C11H18N2O2. The minimum absolute atomic E-state index is 0.139. The fourth-order valence-electron chi connectivity index (χ4n) is 1.68. The Balaban J connectivity index is 2.61. The van der Waals surface area contributed by atoms with E-state index in [1.807, 2.05) is 25.6 Å². The second-order valence-corrected chi connectivity index (χ2v) is 3.74. The highest BCUT2D eigenvalue weighted by molar-refractivity contribution is 5.79. The molecule has 0 atom stereocenters. The molecule has 0 radical (unpaired) electrons. The average molecular weight is 210 g/mol. The maximum atomic E-state index is 11.3. The zero-order valence-electron chi connectivity index (χ0n) is 9.83. The lowest BCUT2D eigenvalue weighted by Gasteiger charge is -2.01. The van der Waals surface area contributed by atoms with Crippen molar-refractivity contribution in [3.05, 3.63) is 17.0 Å². The lowest BCUT2D eigenvalue weighted by Crippen LogP contribution is -2.08. The van der Waals surface area contributed by atoms with Crippen LogP contribution in [0, 0.1) is 13.8 Å². The van der Waals surface area contributed by atoms with Crippen molar-refractivity contribution in [1.82, 2.24) is 9.78 Å². The molecule has 1 heterocycles. The number of ether oxygens (including phenoxy) is 1. The van der Waals surface area contributed by atoms with Crippen LogP contribution in [-0.4, -0.2) is 29.3 Å². The van der Waals surface area contributed by atoms with Gasteiger partial charge in [-0.2, -0.15) is 5.10 Å². The van der Waals surface area contributed by atoms with Crippen molar-refractivity contribution >= 4 is 5.78 Å². The first-order valence-corrected chi connectivity index (χ1v) is 5.06. The number of hydrogen-bond donors (Lipinski definition) is 0. The van der Waals surface area contributed by atoms with Gasteiger partial charge >= 0.3 is 0 Å². The first-order chi connectivity index (χ1) is 7.06. The van der Waals surface area contributed by atoms with Crippen LogP contribution in [0.15, 0.2) is 0 Å². The van der Waals surface area contributed by atoms with Gasteiger partial charge in [-0.25, -0.2) is 0 Å². The molecule has 0 amide bonds. The van der Waals surface area contributed by atoms with Crippen LogP contribution in [0.4, 0.5) is 0 Å². The van der Waals surface area contributed by atoms with Crippen molar-refractivity contribution in [3.8, 4) is 0 Å². The van der Waals surface area contributed by atoms with E-state index in [0.717, 1.165) is 17.8 Å². The Kier molecular flexibility index (Phi) is 4.03. The Bertz CT molecular complexity index is 356. The Labute approximate surface area is 90.2 Å². The number of hydrogen-bond acceptors (Lipinski definition) is 3. The Morgan fingerprint density at radius 2 is 2.13 bits per heavy atom. The number of ketones is 1. The van der Waals surface area contributed by atoms with Crippen molar-refractivity contribution in [2.45, 2.75) is 26.7 Å². The normalized spacial score (nSPS) is 10.7. The van der Waals surface area contributed by atoms with E-state index in [1.165, 1.54) is 5.56 Å². The van der Waals surface area contributed by atoms with E-state index in [4.69, 9.17) is 4.74 Å². The second kappa shape index (κ2) is 5.07. The quantitative estimate of drug-likeness (QED) is 0.733. The van der Waals surface area contributed by atoms with Gasteiger partial charge in [0.25, 0.3) is 0 Å². The standard InChI is InChI=1S/C11H18N2O2/c1-8-11(9(2)13(3)12-8)6-5-10(14)7-15-4/h5-7H2,1-4H3. The van der Waals surface area contributed by atoms with Gasteiger partial charge in [0.2, 0.25) is 0 Å².